The molecular formula is C44H68ClNO10. The number of halogens is 1. The first-order valence-electron chi connectivity index (χ1n) is 20.7. The zero-order chi connectivity index (χ0) is 41.4. The van der Waals surface area contributed by atoms with Crippen LogP contribution < -0.4 is 0 Å². The molecular weight excluding hydrogens is 738 g/mol. The zero-order valence-electron chi connectivity index (χ0n) is 35.1. The Balaban J connectivity index is 1.77. The summed E-state index contributed by atoms with van der Waals surface area (Å²) in [5.74, 6) is -6.53. The van der Waals surface area contributed by atoms with Gasteiger partial charge >= 0.3 is 5.97 Å². The number of methoxy groups -OCH3 is 3. The minimum atomic E-state index is -2.47. The molecule has 1 saturated carbocycles. The van der Waals surface area contributed by atoms with Gasteiger partial charge in [0.15, 0.2) is 0 Å². The third kappa shape index (κ3) is 11.2. The molecule has 0 spiro atoms. The summed E-state index contributed by atoms with van der Waals surface area (Å²) in [5, 5.41) is 12.0. The van der Waals surface area contributed by atoms with Crippen LogP contribution in [0.3, 0.4) is 0 Å². The Kier molecular flexibility index (Phi) is 17.0. The number of cyclic esters (lactones) is 1. The fraction of sp³-hybridized carbons (Fsp3) is 0.773. The van der Waals surface area contributed by atoms with Crippen LogP contribution in [0.15, 0.2) is 36.0 Å². The number of hydrogen-bond donors (Lipinski definition) is 1. The van der Waals surface area contributed by atoms with Gasteiger partial charge in [0, 0.05) is 46.1 Å². The molecule has 3 fully saturated rings. The first kappa shape index (κ1) is 46.3. The molecule has 12 unspecified atom stereocenters. The van der Waals surface area contributed by atoms with Crippen molar-refractivity contribution < 1.29 is 48.0 Å². The van der Waals surface area contributed by atoms with E-state index in [1.54, 1.807) is 34.3 Å². The monoisotopic (exact) mass is 805 g/mol. The first-order chi connectivity index (χ1) is 26.5. The van der Waals surface area contributed by atoms with Crippen LogP contribution in [-0.2, 0) is 42.9 Å². The zero-order valence-corrected chi connectivity index (χ0v) is 35.8. The number of nitrogens with zero attached hydrogens (tertiary/aromatic N) is 1. The highest BCUT2D eigenvalue weighted by Gasteiger charge is 2.56. The number of esters is 1. The van der Waals surface area contributed by atoms with E-state index in [1.807, 2.05) is 32.9 Å². The third-order valence-electron chi connectivity index (χ3n) is 12.6. The Bertz CT molecular complexity index is 1460. The molecule has 4 aliphatic rings. The van der Waals surface area contributed by atoms with Crippen molar-refractivity contribution >= 4 is 35.0 Å². The van der Waals surface area contributed by atoms with Crippen LogP contribution in [0.25, 0.3) is 0 Å². The van der Waals surface area contributed by atoms with E-state index >= 15 is 0 Å². The predicted octanol–water partition coefficient (Wildman–Crippen LogP) is 7.06. The van der Waals surface area contributed by atoms with Crippen molar-refractivity contribution in [1.29, 1.82) is 0 Å². The standard InChI is InChI=1S/C44H68ClNO10/c1-10-14-32-22-27(2)21-28(3)23-36(53-8)39-37(54-9)24-31(6)44(51,56-39)40(48)41(49)46-20-12-11-16-34(46)42(50)55-38(29(4)17-18-35(32)47)30(5)25-43(45)19-13-15-33(26-43)52-7/h10,22,25,28-29,31-34,36-39,51H,1,11-21,23-24,26H2,2-9H3. The van der Waals surface area contributed by atoms with Crippen molar-refractivity contribution in [2.45, 2.75) is 165 Å². The molecule has 0 aromatic rings. The highest BCUT2D eigenvalue weighted by atomic mass is 35.5. The SMILES string of the molecule is C=CCC1C=C(C)CC(C)CC(OC)C2OC(O)(C(=O)C(=O)N3CCCCC3C(=O)OC(C(C)=CC3(Cl)CCCC(OC)C3)C(C)CCC1=O)C(C)CC2OC. The number of rotatable bonds is 7. The number of ether oxygens (including phenoxy) is 5. The van der Waals surface area contributed by atoms with Crippen LogP contribution in [0.2, 0.25) is 0 Å². The summed E-state index contributed by atoms with van der Waals surface area (Å²) in [6, 6.07) is -1.06. The molecule has 2 bridgehead atoms. The maximum atomic E-state index is 14.3. The Labute approximate surface area is 339 Å². The molecule has 2 saturated heterocycles. The molecule has 0 aromatic heterocycles. The number of amides is 1. The summed E-state index contributed by atoms with van der Waals surface area (Å²) in [6.07, 6.45) is 10.3. The van der Waals surface area contributed by atoms with E-state index in [-0.39, 0.29) is 55.4 Å². The molecule has 316 valence electrons. The van der Waals surface area contributed by atoms with Gasteiger partial charge in [0.25, 0.3) is 11.7 Å². The number of allylic oxidation sites excluding steroid dienone is 4. The van der Waals surface area contributed by atoms with E-state index in [9.17, 15) is 24.3 Å². The van der Waals surface area contributed by atoms with Gasteiger partial charge < -0.3 is 33.7 Å². The van der Waals surface area contributed by atoms with Crippen molar-refractivity contribution in [3.63, 3.8) is 0 Å². The summed E-state index contributed by atoms with van der Waals surface area (Å²) >= 11 is 7.21. The van der Waals surface area contributed by atoms with E-state index in [4.69, 9.17) is 35.3 Å². The number of piperidine rings is 1. The fourth-order valence-electron chi connectivity index (χ4n) is 9.44. The number of carbonyl (C=O) groups is 4. The molecule has 0 aromatic carbocycles. The van der Waals surface area contributed by atoms with Gasteiger partial charge in [0.1, 0.15) is 24.0 Å². The highest BCUT2D eigenvalue weighted by molar-refractivity contribution is 6.39. The second-order valence-corrected chi connectivity index (χ2v) is 18.0. The third-order valence-corrected chi connectivity index (χ3v) is 13.1. The van der Waals surface area contributed by atoms with E-state index < -0.39 is 64.7 Å². The molecule has 12 heteroatoms. The van der Waals surface area contributed by atoms with Crippen LogP contribution in [0.1, 0.15) is 118 Å². The Hall–Kier alpha value is -2.41. The van der Waals surface area contributed by atoms with Gasteiger partial charge in [0.05, 0.1) is 23.2 Å². The number of fused-ring (bicyclic) bond motifs is 3. The molecule has 0 radical (unpaired) electrons. The van der Waals surface area contributed by atoms with Crippen LogP contribution in [-0.4, -0.2) is 109 Å². The van der Waals surface area contributed by atoms with Crippen molar-refractivity contribution in [3.8, 4) is 0 Å². The van der Waals surface area contributed by atoms with E-state index in [0.717, 1.165) is 30.4 Å². The van der Waals surface area contributed by atoms with Crippen molar-refractivity contribution in [3.05, 3.63) is 36.0 Å². The normalized spacial score (nSPS) is 39.2. The molecule has 1 aliphatic carbocycles. The summed E-state index contributed by atoms with van der Waals surface area (Å²) < 4.78 is 30.1. The summed E-state index contributed by atoms with van der Waals surface area (Å²) in [7, 11) is 4.78. The second-order valence-electron chi connectivity index (χ2n) is 17.2. The Morgan fingerprint density at radius 3 is 2.38 bits per heavy atom. The van der Waals surface area contributed by atoms with Crippen LogP contribution in [0, 0.1) is 23.7 Å². The molecule has 56 heavy (non-hydrogen) atoms. The molecule has 12 atom stereocenters. The number of hydrogen-bond acceptors (Lipinski definition) is 10. The molecule has 11 nitrogen and oxygen atoms in total. The maximum Gasteiger partial charge on any atom is 0.329 e. The van der Waals surface area contributed by atoms with E-state index in [0.29, 0.717) is 44.9 Å². The second kappa shape index (κ2) is 20.5. The van der Waals surface area contributed by atoms with Crippen molar-refractivity contribution in [2.75, 3.05) is 27.9 Å². The van der Waals surface area contributed by atoms with Gasteiger partial charge in [-0.15, -0.1) is 18.2 Å². The number of Topliss-reactive ketones (excluding diaryl/α,β-unsaturated/α-hetero) is 2. The lowest BCUT2D eigenvalue weighted by Gasteiger charge is -2.47. The number of aliphatic hydroxyl groups is 1. The minimum Gasteiger partial charge on any atom is -0.456 e. The van der Waals surface area contributed by atoms with Gasteiger partial charge in [-0.3, -0.25) is 14.4 Å². The van der Waals surface area contributed by atoms with E-state index in [2.05, 4.69) is 13.5 Å². The summed E-state index contributed by atoms with van der Waals surface area (Å²) in [6.45, 7) is 13.7. The van der Waals surface area contributed by atoms with Crippen LogP contribution in [0.5, 0.6) is 0 Å². The maximum absolute atomic E-state index is 14.3. The lowest BCUT2D eigenvalue weighted by molar-refractivity contribution is -0.302. The average Bonchev–Trinajstić information content (AvgIpc) is 3.17. The number of carbonyl (C=O) groups excluding carboxylic acids is 4. The largest absolute Gasteiger partial charge is 0.456 e. The molecule has 1 N–H and O–H groups in total. The number of alkyl halides is 1. The Morgan fingerprint density at radius 1 is 1.02 bits per heavy atom. The highest BCUT2D eigenvalue weighted by Crippen LogP contribution is 2.41. The lowest BCUT2D eigenvalue weighted by atomic mass is 9.82. The molecule has 3 heterocycles. The summed E-state index contributed by atoms with van der Waals surface area (Å²) in [5.41, 5.74) is 1.80. The first-order valence-corrected chi connectivity index (χ1v) is 21.1. The van der Waals surface area contributed by atoms with Gasteiger partial charge in [-0.25, -0.2) is 4.79 Å². The van der Waals surface area contributed by atoms with Gasteiger partial charge in [-0.05, 0) is 108 Å². The smallest absolute Gasteiger partial charge is 0.329 e. The quantitative estimate of drug-likeness (QED) is 0.123. The molecule has 1 amide bonds. The van der Waals surface area contributed by atoms with Crippen LogP contribution >= 0.6 is 11.6 Å². The van der Waals surface area contributed by atoms with Gasteiger partial charge in [-0.1, -0.05) is 44.6 Å². The molecule has 3 aliphatic heterocycles. The fourth-order valence-corrected chi connectivity index (χ4v) is 9.92. The van der Waals surface area contributed by atoms with Gasteiger partial charge in [-0.2, -0.15) is 0 Å². The lowest BCUT2D eigenvalue weighted by Crippen LogP contribution is -2.64. The Morgan fingerprint density at radius 2 is 1.71 bits per heavy atom. The average molecular weight is 806 g/mol. The summed E-state index contributed by atoms with van der Waals surface area (Å²) in [4.78, 5) is 57.2. The van der Waals surface area contributed by atoms with E-state index in [1.165, 1.54) is 4.90 Å². The van der Waals surface area contributed by atoms with Crippen molar-refractivity contribution in [2.24, 2.45) is 23.7 Å². The van der Waals surface area contributed by atoms with Crippen LogP contribution in [0.4, 0.5) is 0 Å². The van der Waals surface area contributed by atoms with Crippen molar-refractivity contribution in [1.82, 2.24) is 4.90 Å². The van der Waals surface area contributed by atoms with Gasteiger partial charge in [0.2, 0.25) is 5.79 Å². The topological polar surface area (TPSA) is 138 Å². The number of ketones is 2. The minimum absolute atomic E-state index is 0.00773. The predicted molar refractivity (Wildman–Crippen MR) is 215 cm³/mol. The molecule has 4 rings (SSSR count).